The summed E-state index contributed by atoms with van der Waals surface area (Å²) < 4.78 is 88.5. The zero-order chi connectivity index (χ0) is 28.1. The molecule has 0 bridgehead atoms. The van der Waals surface area contributed by atoms with Gasteiger partial charge in [0.2, 0.25) is 0 Å². The van der Waals surface area contributed by atoms with E-state index >= 15 is 0 Å². The molecule has 0 aliphatic carbocycles. The number of hydrogen-bond donors (Lipinski definition) is 3. The third kappa shape index (κ3) is 8.79. The van der Waals surface area contributed by atoms with E-state index < -0.39 is 43.3 Å². The van der Waals surface area contributed by atoms with Gasteiger partial charge in [-0.1, -0.05) is 11.3 Å². The molecule has 1 atom stereocenters. The summed E-state index contributed by atoms with van der Waals surface area (Å²) in [4.78, 5) is 17.7. The third-order valence-corrected chi connectivity index (χ3v) is 6.99. The summed E-state index contributed by atoms with van der Waals surface area (Å²) in [7, 11) is -4.79. The summed E-state index contributed by atoms with van der Waals surface area (Å²) in [5, 5.41) is 7.93. The van der Waals surface area contributed by atoms with Crippen molar-refractivity contribution >= 4 is 19.2 Å². The predicted molar refractivity (Wildman–Crippen MR) is 129 cm³/mol. The first kappa shape index (κ1) is 30.1. The van der Waals surface area contributed by atoms with Crippen LogP contribution in [-0.2, 0) is 27.2 Å². The van der Waals surface area contributed by atoms with Gasteiger partial charge in [-0.3, -0.25) is 4.52 Å². The number of unbranched alkanes of at least 4 members (excludes halogenated alkanes) is 2. The number of hydrogen-bond acceptors (Lipinski definition) is 7. The number of nitrogens with two attached hydrogens (primary N) is 1. The number of nitrogens with zero attached hydrogens (tertiary/aromatic N) is 2. The van der Waals surface area contributed by atoms with Crippen LogP contribution in [0.3, 0.4) is 0 Å². The van der Waals surface area contributed by atoms with E-state index in [1.54, 1.807) is 0 Å². The number of phosphoric acid groups is 1. The number of rotatable bonds is 12. The lowest BCUT2D eigenvalue weighted by molar-refractivity contribution is -0.138. The second kappa shape index (κ2) is 12.1. The molecule has 0 unspecified atom stereocenters. The highest BCUT2D eigenvalue weighted by Crippen LogP contribution is 2.41. The normalized spacial score (nSPS) is 13.9. The second-order valence-corrected chi connectivity index (χ2v) is 11.0. The Bertz CT molecular complexity index is 1280. The van der Waals surface area contributed by atoms with Crippen molar-refractivity contribution in [3.63, 3.8) is 0 Å². The highest BCUT2D eigenvalue weighted by molar-refractivity contribution is 7.46. The van der Waals surface area contributed by atoms with E-state index in [0.29, 0.717) is 31.2 Å². The third-order valence-electron chi connectivity index (χ3n) is 5.27. The van der Waals surface area contributed by atoms with Gasteiger partial charge in [0.25, 0.3) is 0 Å². The Morgan fingerprint density at radius 2 is 1.71 bits per heavy atom. The molecule has 1 heterocycles. The van der Waals surface area contributed by atoms with Crippen LogP contribution in [0.25, 0.3) is 10.6 Å². The van der Waals surface area contributed by atoms with Crippen LogP contribution in [0.2, 0.25) is 0 Å². The maximum Gasteiger partial charge on any atom is 0.469 e. The topological polar surface area (TPSA) is 128 Å². The van der Waals surface area contributed by atoms with Gasteiger partial charge in [0, 0.05) is 11.6 Å². The Morgan fingerprint density at radius 3 is 2.34 bits per heavy atom. The van der Waals surface area contributed by atoms with E-state index in [0.717, 1.165) is 23.5 Å². The van der Waals surface area contributed by atoms with Crippen molar-refractivity contribution in [1.29, 1.82) is 0 Å². The van der Waals surface area contributed by atoms with E-state index in [9.17, 15) is 26.5 Å². The lowest BCUT2D eigenvalue weighted by Gasteiger charge is -2.21. The maximum atomic E-state index is 13.7. The van der Waals surface area contributed by atoms with Crippen molar-refractivity contribution in [1.82, 2.24) is 10.2 Å². The maximum absolute atomic E-state index is 13.7. The molecule has 0 amide bonds. The van der Waals surface area contributed by atoms with Gasteiger partial charge in [0.15, 0.2) is 0 Å². The smallest absolute Gasteiger partial charge is 0.469 e. The van der Waals surface area contributed by atoms with Gasteiger partial charge >= 0.3 is 14.0 Å². The molecule has 0 aliphatic heterocycles. The van der Waals surface area contributed by atoms with E-state index in [1.807, 2.05) is 0 Å². The molecule has 38 heavy (non-hydrogen) atoms. The summed E-state index contributed by atoms with van der Waals surface area (Å²) in [6.07, 6.45) is -2.71. The fourth-order valence-corrected chi connectivity index (χ4v) is 4.73. The lowest BCUT2D eigenvalue weighted by Crippen LogP contribution is -2.37. The minimum absolute atomic E-state index is 0.00793. The molecule has 0 aliphatic rings. The van der Waals surface area contributed by atoms with Gasteiger partial charge in [0.05, 0.1) is 24.3 Å². The Balaban J connectivity index is 1.63. The largest absolute Gasteiger partial charge is 0.493 e. The average molecular weight is 582 g/mol. The first-order valence-corrected chi connectivity index (χ1v) is 13.6. The second-order valence-electron chi connectivity index (χ2n) is 8.74. The van der Waals surface area contributed by atoms with E-state index in [-0.39, 0.29) is 27.9 Å². The van der Waals surface area contributed by atoms with E-state index in [4.69, 9.17) is 20.3 Å². The van der Waals surface area contributed by atoms with Crippen LogP contribution in [-0.4, -0.2) is 33.2 Å². The molecule has 208 valence electrons. The molecule has 0 fully saturated rings. The van der Waals surface area contributed by atoms with E-state index in [1.165, 1.54) is 31.2 Å². The van der Waals surface area contributed by atoms with Crippen LogP contribution in [0.1, 0.15) is 42.3 Å². The molecular formula is C23H25F5N3O5PS. The molecule has 15 heteroatoms. The molecule has 8 nitrogen and oxygen atoms in total. The summed E-state index contributed by atoms with van der Waals surface area (Å²) in [5.41, 5.74) is 4.14. The molecule has 1 aromatic heterocycles. The molecule has 4 N–H and O–H groups in total. The molecule has 0 saturated heterocycles. The number of aryl methyl sites for hydroxylation is 1. The zero-order valence-electron chi connectivity index (χ0n) is 20.0. The van der Waals surface area contributed by atoms with Gasteiger partial charge in [-0.05, 0) is 68.5 Å². The van der Waals surface area contributed by atoms with Gasteiger partial charge in [0.1, 0.15) is 27.4 Å². The van der Waals surface area contributed by atoms with Crippen LogP contribution in [0.4, 0.5) is 22.0 Å². The summed E-state index contributed by atoms with van der Waals surface area (Å²) in [6, 6.07) is 6.69. The number of alkyl halides is 3. The van der Waals surface area contributed by atoms with E-state index in [2.05, 4.69) is 14.7 Å². The number of aromatic nitrogens is 2. The number of phosphoric ester groups is 1. The van der Waals surface area contributed by atoms with Gasteiger partial charge < -0.3 is 20.3 Å². The van der Waals surface area contributed by atoms with Crippen LogP contribution in [0, 0.1) is 11.6 Å². The van der Waals surface area contributed by atoms with Crippen LogP contribution < -0.4 is 10.5 Å². The Kier molecular flexibility index (Phi) is 9.61. The van der Waals surface area contributed by atoms with Crippen molar-refractivity contribution in [3.05, 3.63) is 64.2 Å². The number of benzene rings is 2. The zero-order valence-corrected chi connectivity index (χ0v) is 21.8. The fraction of sp³-hybridized carbons (Fsp3) is 0.391. The number of ether oxygens (including phenoxy) is 1. The van der Waals surface area contributed by atoms with Crippen LogP contribution >= 0.6 is 19.2 Å². The fourth-order valence-electron chi connectivity index (χ4n) is 3.41. The van der Waals surface area contributed by atoms with Gasteiger partial charge in [-0.2, -0.15) is 13.2 Å². The predicted octanol–water partition coefficient (Wildman–Crippen LogP) is 5.58. The van der Waals surface area contributed by atoms with Crippen LogP contribution in [0.15, 0.2) is 36.4 Å². The Hall–Kier alpha value is -2.48. The standard InChI is InChI=1S/C23H25F5N3O5PS/c1-22(29,13-36-37(32,33)34)21-31-30-20(38-21)15-6-7-19(18(11-15)23(26,27)28)35-8-4-2-3-5-14-9-16(24)12-17(25)10-14/h6-7,9-12H,2-5,8,13,29H2,1H3,(H2,32,33,34)/t22-/m0/s1. The lowest BCUT2D eigenvalue weighted by atomic mass is 10.1. The van der Waals surface area contributed by atoms with Crippen molar-refractivity contribution in [2.24, 2.45) is 5.73 Å². The summed E-state index contributed by atoms with van der Waals surface area (Å²) in [5.74, 6) is -1.69. The summed E-state index contributed by atoms with van der Waals surface area (Å²) >= 11 is 0.860. The monoisotopic (exact) mass is 581 g/mol. The molecular weight excluding hydrogens is 556 g/mol. The van der Waals surface area contributed by atoms with Gasteiger partial charge in [-0.15, -0.1) is 10.2 Å². The molecule has 0 spiro atoms. The van der Waals surface area contributed by atoms with Crippen LogP contribution in [0.5, 0.6) is 5.75 Å². The van der Waals surface area contributed by atoms with Crippen molar-refractivity contribution in [2.45, 2.75) is 44.3 Å². The first-order valence-electron chi connectivity index (χ1n) is 11.3. The molecule has 2 aromatic carbocycles. The van der Waals surface area contributed by atoms with Crippen molar-refractivity contribution in [2.75, 3.05) is 13.2 Å². The van der Waals surface area contributed by atoms with Crippen molar-refractivity contribution < 1.29 is 45.6 Å². The SMILES string of the molecule is C[C@](N)(COP(=O)(O)O)c1nnc(-c2ccc(OCCCCCc3cc(F)cc(F)c3)c(C(F)(F)F)c2)s1. The summed E-state index contributed by atoms with van der Waals surface area (Å²) in [6.45, 7) is 0.807. The Morgan fingerprint density at radius 1 is 1.03 bits per heavy atom. The average Bonchev–Trinajstić information content (AvgIpc) is 3.30. The molecule has 3 aromatic rings. The van der Waals surface area contributed by atoms with Crippen molar-refractivity contribution in [3.8, 4) is 16.3 Å². The highest BCUT2D eigenvalue weighted by Gasteiger charge is 2.35. The molecule has 3 rings (SSSR count). The first-order chi connectivity index (χ1) is 17.6. The quantitative estimate of drug-likeness (QED) is 0.144. The molecule has 0 saturated carbocycles. The molecule has 0 radical (unpaired) electrons. The Labute approximate surface area is 218 Å². The minimum Gasteiger partial charge on any atom is -0.493 e. The highest BCUT2D eigenvalue weighted by atomic mass is 32.1. The number of halogens is 5. The van der Waals surface area contributed by atoms with Gasteiger partial charge in [-0.25, -0.2) is 13.3 Å². The minimum atomic E-state index is -4.79.